The number of ether oxygens (including phenoxy) is 1. The zero-order valence-electron chi connectivity index (χ0n) is 15.8. The number of likely N-dealkylation sites (tertiary alicyclic amines) is 1. The SMILES string of the molecule is C(=C\c1ccccc1OCCCCN1CCCCCC1)/c1ccccc1. The van der Waals surface area contributed by atoms with Crippen LogP contribution in [-0.4, -0.2) is 31.1 Å². The minimum Gasteiger partial charge on any atom is -0.493 e. The van der Waals surface area contributed by atoms with Crippen LogP contribution < -0.4 is 4.74 Å². The summed E-state index contributed by atoms with van der Waals surface area (Å²) < 4.78 is 6.07. The summed E-state index contributed by atoms with van der Waals surface area (Å²) in [6.07, 6.45) is 12.2. The summed E-state index contributed by atoms with van der Waals surface area (Å²) in [4.78, 5) is 2.63. The molecule has 138 valence electrons. The molecule has 1 aliphatic heterocycles. The third-order valence-corrected chi connectivity index (χ3v) is 5.00. The molecule has 3 rings (SSSR count). The molecule has 0 N–H and O–H groups in total. The number of para-hydroxylation sites is 1. The molecule has 1 heterocycles. The summed E-state index contributed by atoms with van der Waals surface area (Å²) in [7, 11) is 0. The molecule has 1 aliphatic rings. The fourth-order valence-electron chi connectivity index (χ4n) is 3.48. The fraction of sp³-hybridized carbons (Fsp3) is 0.417. The van der Waals surface area contributed by atoms with Crippen LogP contribution in [-0.2, 0) is 0 Å². The molecule has 2 aromatic carbocycles. The minimum atomic E-state index is 0.796. The van der Waals surface area contributed by atoms with Crippen molar-refractivity contribution in [3.05, 3.63) is 65.7 Å². The van der Waals surface area contributed by atoms with Gasteiger partial charge in [-0.15, -0.1) is 0 Å². The Morgan fingerprint density at radius 1 is 0.769 bits per heavy atom. The van der Waals surface area contributed by atoms with Crippen LogP contribution in [0.15, 0.2) is 54.6 Å². The maximum Gasteiger partial charge on any atom is 0.126 e. The van der Waals surface area contributed by atoms with Crippen LogP contribution in [0.5, 0.6) is 5.75 Å². The van der Waals surface area contributed by atoms with Gasteiger partial charge in [0.05, 0.1) is 6.61 Å². The van der Waals surface area contributed by atoms with Gasteiger partial charge in [-0.3, -0.25) is 0 Å². The number of hydrogen-bond donors (Lipinski definition) is 0. The topological polar surface area (TPSA) is 12.5 Å². The largest absolute Gasteiger partial charge is 0.493 e. The van der Waals surface area contributed by atoms with E-state index >= 15 is 0 Å². The Labute approximate surface area is 158 Å². The van der Waals surface area contributed by atoms with Crippen molar-refractivity contribution < 1.29 is 4.74 Å². The van der Waals surface area contributed by atoms with E-state index in [-0.39, 0.29) is 0 Å². The summed E-state index contributed by atoms with van der Waals surface area (Å²) in [5.74, 6) is 0.981. The summed E-state index contributed by atoms with van der Waals surface area (Å²) in [6.45, 7) is 4.59. The van der Waals surface area contributed by atoms with Gasteiger partial charge in [0.2, 0.25) is 0 Å². The van der Waals surface area contributed by atoms with Gasteiger partial charge in [0.15, 0.2) is 0 Å². The average molecular weight is 350 g/mol. The summed E-state index contributed by atoms with van der Waals surface area (Å²) in [5.41, 5.74) is 2.35. The maximum atomic E-state index is 6.07. The zero-order chi connectivity index (χ0) is 17.9. The lowest BCUT2D eigenvalue weighted by atomic mass is 10.1. The molecule has 0 aliphatic carbocycles. The van der Waals surface area contributed by atoms with Crippen molar-refractivity contribution in [2.75, 3.05) is 26.2 Å². The van der Waals surface area contributed by atoms with Crippen LogP contribution in [0.25, 0.3) is 12.2 Å². The Hall–Kier alpha value is -2.06. The van der Waals surface area contributed by atoms with Gasteiger partial charge in [0.25, 0.3) is 0 Å². The highest BCUT2D eigenvalue weighted by Crippen LogP contribution is 2.21. The Morgan fingerprint density at radius 2 is 1.50 bits per heavy atom. The Morgan fingerprint density at radius 3 is 2.31 bits per heavy atom. The van der Waals surface area contributed by atoms with Crippen molar-refractivity contribution in [2.45, 2.75) is 38.5 Å². The highest BCUT2D eigenvalue weighted by Gasteiger charge is 2.08. The number of unbranched alkanes of at least 4 members (excludes halogenated alkanes) is 1. The van der Waals surface area contributed by atoms with E-state index in [4.69, 9.17) is 4.74 Å². The fourth-order valence-corrected chi connectivity index (χ4v) is 3.48. The van der Waals surface area contributed by atoms with Crippen molar-refractivity contribution in [3.8, 4) is 5.75 Å². The first-order valence-electron chi connectivity index (χ1n) is 10.1. The van der Waals surface area contributed by atoms with E-state index in [9.17, 15) is 0 Å². The number of rotatable bonds is 8. The van der Waals surface area contributed by atoms with Crippen LogP contribution in [0.4, 0.5) is 0 Å². The molecule has 2 heteroatoms. The van der Waals surface area contributed by atoms with E-state index < -0.39 is 0 Å². The average Bonchev–Trinajstić information content (AvgIpc) is 2.96. The summed E-state index contributed by atoms with van der Waals surface area (Å²) in [6, 6.07) is 18.7. The third kappa shape index (κ3) is 6.34. The predicted molar refractivity (Wildman–Crippen MR) is 111 cm³/mol. The van der Waals surface area contributed by atoms with Gasteiger partial charge in [-0.2, -0.15) is 0 Å². The van der Waals surface area contributed by atoms with E-state index in [1.54, 1.807) is 0 Å². The normalized spacial score (nSPS) is 15.8. The smallest absolute Gasteiger partial charge is 0.126 e. The van der Waals surface area contributed by atoms with E-state index in [0.717, 1.165) is 24.3 Å². The maximum absolute atomic E-state index is 6.07. The highest BCUT2D eigenvalue weighted by molar-refractivity contribution is 5.72. The molecule has 2 aromatic rings. The molecule has 0 unspecified atom stereocenters. The molecule has 0 bridgehead atoms. The van der Waals surface area contributed by atoms with Crippen molar-refractivity contribution in [2.24, 2.45) is 0 Å². The molecule has 0 spiro atoms. The quantitative estimate of drug-likeness (QED) is 0.435. The Balaban J connectivity index is 1.44. The van der Waals surface area contributed by atoms with Crippen molar-refractivity contribution in [1.29, 1.82) is 0 Å². The van der Waals surface area contributed by atoms with E-state index in [0.29, 0.717) is 0 Å². The second-order valence-corrected chi connectivity index (χ2v) is 7.09. The molecule has 1 saturated heterocycles. The van der Waals surface area contributed by atoms with Crippen molar-refractivity contribution >= 4 is 12.2 Å². The van der Waals surface area contributed by atoms with Crippen LogP contribution in [0.2, 0.25) is 0 Å². The van der Waals surface area contributed by atoms with Gasteiger partial charge in [0.1, 0.15) is 5.75 Å². The highest BCUT2D eigenvalue weighted by atomic mass is 16.5. The van der Waals surface area contributed by atoms with Gasteiger partial charge < -0.3 is 9.64 Å². The summed E-state index contributed by atoms with van der Waals surface area (Å²) in [5, 5.41) is 0. The second-order valence-electron chi connectivity index (χ2n) is 7.09. The van der Waals surface area contributed by atoms with Gasteiger partial charge >= 0.3 is 0 Å². The molecule has 2 nitrogen and oxygen atoms in total. The van der Waals surface area contributed by atoms with Crippen LogP contribution in [0.1, 0.15) is 49.7 Å². The molecule has 0 aromatic heterocycles. The summed E-state index contributed by atoms with van der Waals surface area (Å²) >= 11 is 0. The lowest BCUT2D eigenvalue weighted by Crippen LogP contribution is -2.25. The molecule has 0 radical (unpaired) electrons. The van der Waals surface area contributed by atoms with Crippen molar-refractivity contribution in [3.63, 3.8) is 0 Å². The van der Waals surface area contributed by atoms with Crippen LogP contribution in [0.3, 0.4) is 0 Å². The molecule has 0 saturated carbocycles. The first kappa shape index (κ1) is 18.7. The standard InChI is InChI=1S/C24H31NO/c1-2-9-19-25(18-8-1)20-10-11-21-26-24-15-7-6-14-23(24)17-16-22-12-4-3-5-13-22/h3-7,12-17H,1-2,8-11,18-21H2/b17-16+. The number of benzene rings is 2. The first-order chi connectivity index (χ1) is 12.9. The molecular weight excluding hydrogens is 318 g/mol. The van der Waals surface area contributed by atoms with Gasteiger partial charge in [-0.25, -0.2) is 0 Å². The third-order valence-electron chi connectivity index (χ3n) is 5.00. The second kappa shape index (κ2) is 10.8. The van der Waals surface area contributed by atoms with Gasteiger partial charge in [-0.05, 0) is 56.9 Å². The zero-order valence-corrected chi connectivity index (χ0v) is 15.8. The Kier molecular flexibility index (Phi) is 7.79. The van der Waals surface area contributed by atoms with E-state index in [1.165, 1.54) is 57.3 Å². The minimum absolute atomic E-state index is 0.796. The van der Waals surface area contributed by atoms with E-state index in [1.807, 2.05) is 12.1 Å². The molecule has 26 heavy (non-hydrogen) atoms. The first-order valence-corrected chi connectivity index (χ1v) is 10.1. The van der Waals surface area contributed by atoms with Crippen molar-refractivity contribution in [1.82, 2.24) is 4.90 Å². The number of nitrogens with zero attached hydrogens (tertiary/aromatic N) is 1. The van der Waals surface area contributed by atoms with Crippen LogP contribution in [0, 0.1) is 0 Å². The monoisotopic (exact) mass is 349 g/mol. The Bertz CT molecular complexity index is 657. The van der Waals surface area contributed by atoms with Gasteiger partial charge in [-0.1, -0.05) is 73.5 Å². The molecule has 1 fully saturated rings. The van der Waals surface area contributed by atoms with Crippen LogP contribution >= 0.6 is 0 Å². The number of hydrogen-bond acceptors (Lipinski definition) is 2. The lowest BCUT2D eigenvalue weighted by molar-refractivity contribution is 0.256. The lowest BCUT2D eigenvalue weighted by Gasteiger charge is -2.19. The molecule has 0 atom stereocenters. The van der Waals surface area contributed by atoms with Gasteiger partial charge in [0, 0.05) is 5.56 Å². The predicted octanol–water partition coefficient (Wildman–Crippen LogP) is 5.89. The molecular formula is C24H31NO. The van der Waals surface area contributed by atoms with E-state index in [2.05, 4.69) is 59.5 Å². The molecule has 0 amide bonds.